The van der Waals surface area contributed by atoms with E-state index in [1.54, 1.807) is 0 Å². The molecule has 1 unspecified atom stereocenters. The summed E-state index contributed by atoms with van der Waals surface area (Å²) < 4.78 is 23.8. The molecule has 0 spiro atoms. The maximum absolute atomic E-state index is 11.2. The van der Waals surface area contributed by atoms with E-state index < -0.39 is 14.8 Å². The van der Waals surface area contributed by atoms with Crippen LogP contribution in [0.1, 0.15) is 18.1 Å². The number of nitrogens with zero attached hydrogens (tertiary/aromatic N) is 1. The summed E-state index contributed by atoms with van der Waals surface area (Å²) in [6.07, 6.45) is 1.76. The Morgan fingerprint density at radius 2 is 2.00 bits per heavy atom. The topological polar surface area (TPSA) is 57.2 Å². The van der Waals surface area contributed by atoms with E-state index in [-0.39, 0.29) is 6.10 Å². The van der Waals surface area contributed by atoms with E-state index in [1.807, 2.05) is 18.2 Å². The molecule has 3 aliphatic heterocycles. The van der Waals surface area contributed by atoms with E-state index in [0.29, 0.717) is 32.3 Å². The third kappa shape index (κ3) is 4.99. The molecule has 0 aliphatic carbocycles. The first-order valence-electron chi connectivity index (χ1n) is 8.73. The zero-order valence-corrected chi connectivity index (χ0v) is 15.4. The van der Waals surface area contributed by atoms with Gasteiger partial charge in [0.15, 0.2) is 0 Å². The van der Waals surface area contributed by atoms with Gasteiger partial charge in [-0.1, -0.05) is 36.9 Å². The number of ether oxygens (including phenoxy) is 1. The van der Waals surface area contributed by atoms with Crippen molar-refractivity contribution in [1.82, 2.24) is 4.90 Å². The zero-order chi connectivity index (χ0) is 17.5. The Labute approximate surface area is 149 Å². The van der Waals surface area contributed by atoms with E-state index in [0.717, 1.165) is 25.2 Å². The zero-order valence-electron chi connectivity index (χ0n) is 14.4. The van der Waals surface area contributed by atoms with Gasteiger partial charge in [-0.2, -0.15) is 0 Å². The molecule has 4 rings (SSSR count). The summed E-state index contributed by atoms with van der Waals surface area (Å²) in [5, 5.41) is 0. The van der Waals surface area contributed by atoms with Crippen LogP contribution < -0.4 is 0 Å². The van der Waals surface area contributed by atoms with E-state index >= 15 is 0 Å². The Hall–Kier alpha value is -1.51. The highest BCUT2D eigenvalue weighted by Crippen LogP contribution is 2.31. The van der Waals surface area contributed by atoms with Gasteiger partial charge in [0.2, 0.25) is 0 Å². The van der Waals surface area contributed by atoms with Gasteiger partial charge in [0.1, 0.15) is 0 Å². The van der Waals surface area contributed by atoms with Crippen LogP contribution in [-0.2, 0) is 22.8 Å². The summed E-state index contributed by atoms with van der Waals surface area (Å²) in [6.45, 7) is 7.55. The van der Waals surface area contributed by atoms with Crippen molar-refractivity contribution in [3.63, 3.8) is 0 Å². The Balaban J connectivity index is 1.69. The smallest absolute Gasteiger partial charge is 0.463 e. The largest absolute Gasteiger partial charge is 0.501 e. The summed E-state index contributed by atoms with van der Waals surface area (Å²) in [6, 6.07) is 10.8. The Morgan fingerprint density at radius 3 is 2.68 bits per heavy atom. The highest BCUT2D eigenvalue weighted by atomic mass is 28.4. The van der Waals surface area contributed by atoms with Crippen LogP contribution in [0.4, 0.5) is 0 Å². The number of carbonyl (C=O) groups is 1. The van der Waals surface area contributed by atoms with Gasteiger partial charge in [0, 0.05) is 31.8 Å². The SMILES string of the molecule is C=CC(=O)OCCC[Si]12OCCN(CCO1)CC(c1ccccc1)O2. The predicted molar refractivity (Wildman–Crippen MR) is 94.9 cm³/mol. The second kappa shape index (κ2) is 8.73. The maximum atomic E-state index is 11.2. The Morgan fingerprint density at radius 1 is 1.28 bits per heavy atom. The molecule has 136 valence electrons. The molecule has 1 aromatic carbocycles. The number of hydrogen-bond acceptors (Lipinski definition) is 6. The average Bonchev–Trinajstić information content (AvgIpc) is 2.59. The predicted octanol–water partition coefficient (Wildman–Crippen LogP) is 2.16. The molecule has 1 atom stereocenters. The molecule has 25 heavy (non-hydrogen) atoms. The summed E-state index contributed by atoms with van der Waals surface area (Å²) >= 11 is 0. The number of esters is 1. The molecule has 3 fully saturated rings. The van der Waals surface area contributed by atoms with Crippen LogP contribution in [0.15, 0.2) is 43.0 Å². The standard InChI is InChI=1S/C18H25NO5Si/c1-2-18(20)21-11-6-14-25-22-12-9-19(10-13-23-25)15-17(24-25)16-7-4-3-5-8-16/h2-5,7-8,17H,1,6,9-15H2. The highest BCUT2D eigenvalue weighted by Gasteiger charge is 2.46. The van der Waals surface area contributed by atoms with Gasteiger partial charge in [-0.3, -0.25) is 4.90 Å². The minimum Gasteiger partial charge on any atom is -0.463 e. The van der Waals surface area contributed by atoms with Crippen LogP contribution in [0.2, 0.25) is 6.04 Å². The molecule has 6 nitrogen and oxygen atoms in total. The summed E-state index contributed by atoms with van der Waals surface area (Å²) in [7, 11) is -2.80. The fourth-order valence-corrected chi connectivity index (χ4v) is 5.77. The van der Waals surface area contributed by atoms with Gasteiger partial charge >= 0.3 is 14.8 Å². The fourth-order valence-electron chi connectivity index (χ4n) is 3.12. The molecule has 3 aliphatic rings. The second-order valence-corrected chi connectivity index (χ2v) is 8.85. The van der Waals surface area contributed by atoms with Crippen LogP contribution in [0.25, 0.3) is 0 Å². The van der Waals surface area contributed by atoms with Crippen molar-refractivity contribution < 1.29 is 22.8 Å². The molecule has 3 saturated heterocycles. The monoisotopic (exact) mass is 363 g/mol. The van der Waals surface area contributed by atoms with Crippen molar-refractivity contribution in [3.8, 4) is 0 Å². The van der Waals surface area contributed by atoms with Crippen molar-refractivity contribution in [3.05, 3.63) is 48.6 Å². The van der Waals surface area contributed by atoms with Gasteiger partial charge in [-0.05, 0) is 12.0 Å². The van der Waals surface area contributed by atoms with Crippen molar-refractivity contribution in [2.75, 3.05) is 39.5 Å². The Bertz CT molecular complexity index is 572. The molecule has 0 saturated carbocycles. The van der Waals surface area contributed by atoms with Gasteiger partial charge in [-0.25, -0.2) is 4.79 Å². The number of carbonyl (C=O) groups excluding carboxylic acids is 1. The lowest BCUT2D eigenvalue weighted by atomic mass is 10.1. The van der Waals surface area contributed by atoms with Gasteiger partial charge in [-0.15, -0.1) is 0 Å². The van der Waals surface area contributed by atoms with Crippen LogP contribution in [0.3, 0.4) is 0 Å². The molecule has 3 heterocycles. The van der Waals surface area contributed by atoms with Crippen LogP contribution in [0.5, 0.6) is 0 Å². The van der Waals surface area contributed by atoms with Crippen molar-refractivity contribution >= 4 is 14.8 Å². The minimum atomic E-state index is -2.80. The third-order valence-electron chi connectivity index (χ3n) is 4.41. The quantitative estimate of drug-likeness (QED) is 0.334. The van der Waals surface area contributed by atoms with E-state index in [1.165, 1.54) is 6.08 Å². The van der Waals surface area contributed by atoms with E-state index in [4.69, 9.17) is 18.0 Å². The summed E-state index contributed by atoms with van der Waals surface area (Å²) in [5.41, 5.74) is 1.14. The molecule has 0 amide bonds. The summed E-state index contributed by atoms with van der Waals surface area (Å²) in [4.78, 5) is 13.5. The molecular formula is C18H25NO5Si. The fraction of sp³-hybridized carbons (Fsp3) is 0.500. The lowest BCUT2D eigenvalue weighted by molar-refractivity contribution is -0.137. The molecule has 0 aromatic heterocycles. The molecular weight excluding hydrogens is 338 g/mol. The van der Waals surface area contributed by atoms with Crippen LogP contribution >= 0.6 is 0 Å². The second-order valence-electron chi connectivity index (χ2n) is 6.17. The molecule has 0 N–H and O–H groups in total. The third-order valence-corrected chi connectivity index (χ3v) is 7.31. The Kier molecular flexibility index (Phi) is 6.38. The first kappa shape index (κ1) is 18.3. The first-order chi connectivity index (χ1) is 12.2. The molecule has 2 bridgehead atoms. The van der Waals surface area contributed by atoms with Gasteiger partial charge < -0.3 is 18.0 Å². The van der Waals surface area contributed by atoms with Crippen LogP contribution in [0, 0.1) is 0 Å². The number of benzene rings is 1. The molecule has 0 radical (unpaired) electrons. The van der Waals surface area contributed by atoms with Crippen molar-refractivity contribution in [2.45, 2.75) is 18.6 Å². The van der Waals surface area contributed by atoms with Crippen LogP contribution in [-0.4, -0.2) is 59.1 Å². The molecule has 7 heteroatoms. The first-order valence-corrected chi connectivity index (χ1v) is 10.7. The average molecular weight is 363 g/mol. The lowest BCUT2D eigenvalue weighted by Crippen LogP contribution is -2.55. The van der Waals surface area contributed by atoms with Gasteiger partial charge in [0.05, 0.1) is 25.9 Å². The number of hydrogen-bond donors (Lipinski definition) is 0. The van der Waals surface area contributed by atoms with E-state index in [9.17, 15) is 4.79 Å². The van der Waals surface area contributed by atoms with Crippen molar-refractivity contribution in [2.24, 2.45) is 0 Å². The maximum Gasteiger partial charge on any atom is 0.501 e. The summed E-state index contributed by atoms with van der Waals surface area (Å²) in [5.74, 6) is -0.407. The van der Waals surface area contributed by atoms with Crippen molar-refractivity contribution in [1.29, 1.82) is 0 Å². The van der Waals surface area contributed by atoms with Gasteiger partial charge in [0.25, 0.3) is 0 Å². The minimum absolute atomic E-state index is 0.0656. The number of fused-ring (bicyclic) bond motifs is 6. The molecule has 1 aromatic rings. The lowest BCUT2D eigenvalue weighted by Gasteiger charge is -2.42. The number of rotatable bonds is 6. The van der Waals surface area contributed by atoms with E-state index in [2.05, 4.69) is 23.6 Å². The normalized spacial score (nSPS) is 29.3. The highest BCUT2D eigenvalue weighted by molar-refractivity contribution is 6.60.